The second kappa shape index (κ2) is 8.02. The zero-order chi connectivity index (χ0) is 20.2. The van der Waals surface area contributed by atoms with Gasteiger partial charge >= 0.3 is 5.69 Å². The van der Waals surface area contributed by atoms with Gasteiger partial charge in [0.2, 0.25) is 5.91 Å². The first-order chi connectivity index (χ1) is 14.1. The molecule has 29 heavy (non-hydrogen) atoms. The van der Waals surface area contributed by atoms with E-state index in [1.807, 2.05) is 37.3 Å². The second-order valence-electron chi connectivity index (χ2n) is 6.67. The molecule has 2 heterocycles. The molecule has 0 aliphatic carbocycles. The minimum absolute atomic E-state index is 0.144. The number of hydrogen-bond donors (Lipinski definition) is 1. The van der Waals surface area contributed by atoms with Gasteiger partial charge in [-0.2, -0.15) is 0 Å². The summed E-state index contributed by atoms with van der Waals surface area (Å²) >= 11 is 0. The summed E-state index contributed by atoms with van der Waals surface area (Å²) in [6.07, 6.45) is 1.80. The Morgan fingerprint density at radius 1 is 1.00 bits per heavy atom. The molecule has 4 rings (SSSR count). The molecule has 0 fully saturated rings. The summed E-state index contributed by atoms with van der Waals surface area (Å²) in [5.41, 5.74) is 2.13. The van der Waals surface area contributed by atoms with Gasteiger partial charge in [0.15, 0.2) is 5.65 Å². The third-order valence-electron chi connectivity index (χ3n) is 4.43. The lowest BCUT2D eigenvalue weighted by Crippen LogP contribution is -2.24. The number of anilines is 1. The Morgan fingerprint density at radius 2 is 1.69 bits per heavy atom. The summed E-state index contributed by atoms with van der Waals surface area (Å²) in [7, 11) is 0. The molecule has 0 saturated heterocycles. The standard InChI is InChI=1S/C22H20N4O3/c1-16-5-9-18(10-6-16)29-19-11-7-17(8-12-19)23-21(27)13-15-26-22(28)25-14-3-2-4-20(25)24-26/h2-12,14H,13,15H2,1H3,(H,23,27). The molecule has 0 unspecified atom stereocenters. The van der Waals surface area contributed by atoms with E-state index in [-0.39, 0.29) is 24.6 Å². The molecule has 0 atom stereocenters. The number of aryl methyl sites for hydroxylation is 2. The predicted octanol–water partition coefficient (Wildman–Crippen LogP) is 3.63. The van der Waals surface area contributed by atoms with E-state index in [9.17, 15) is 9.59 Å². The van der Waals surface area contributed by atoms with Crippen LogP contribution in [0, 0.1) is 6.92 Å². The topological polar surface area (TPSA) is 77.6 Å². The van der Waals surface area contributed by atoms with Gasteiger partial charge in [-0.1, -0.05) is 23.8 Å². The SMILES string of the molecule is Cc1ccc(Oc2ccc(NC(=O)CCn3nc4ccccn4c3=O)cc2)cc1. The van der Waals surface area contributed by atoms with Crippen molar-refractivity contribution in [2.75, 3.05) is 5.32 Å². The normalized spacial score (nSPS) is 10.8. The highest BCUT2D eigenvalue weighted by Crippen LogP contribution is 2.23. The van der Waals surface area contributed by atoms with Crippen LogP contribution in [0.4, 0.5) is 5.69 Å². The van der Waals surface area contributed by atoms with Crippen LogP contribution < -0.4 is 15.7 Å². The average Bonchev–Trinajstić information content (AvgIpc) is 3.06. The van der Waals surface area contributed by atoms with Gasteiger partial charge in [0.05, 0.1) is 6.54 Å². The van der Waals surface area contributed by atoms with Gasteiger partial charge in [0.1, 0.15) is 11.5 Å². The Hall–Kier alpha value is -3.87. The highest BCUT2D eigenvalue weighted by Gasteiger charge is 2.09. The van der Waals surface area contributed by atoms with Crippen molar-refractivity contribution in [2.45, 2.75) is 19.9 Å². The lowest BCUT2D eigenvalue weighted by molar-refractivity contribution is -0.116. The van der Waals surface area contributed by atoms with Crippen molar-refractivity contribution in [3.8, 4) is 11.5 Å². The summed E-state index contributed by atoms with van der Waals surface area (Å²) in [6.45, 7) is 2.23. The lowest BCUT2D eigenvalue weighted by atomic mass is 10.2. The van der Waals surface area contributed by atoms with Crippen LogP contribution in [0.15, 0.2) is 77.7 Å². The van der Waals surface area contributed by atoms with E-state index in [1.165, 1.54) is 14.6 Å². The van der Waals surface area contributed by atoms with E-state index in [0.29, 0.717) is 17.1 Å². The molecule has 7 heteroatoms. The number of fused-ring (bicyclic) bond motifs is 1. The van der Waals surface area contributed by atoms with Crippen molar-refractivity contribution in [3.05, 3.63) is 89.0 Å². The van der Waals surface area contributed by atoms with E-state index in [1.54, 1.807) is 42.6 Å². The zero-order valence-corrected chi connectivity index (χ0v) is 15.9. The molecular weight excluding hydrogens is 368 g/mol. The molecule has 2 aromatic heterocycles. The fraction of sp³-hybridized carbons (Fsp3) is 0.136. The number of aromatic nitrogens is 3. The first kappa shape index (κ1) is 18.5. The molecule has 1 N–H and O–H groups in total. The fourth-order valence-corrected chi connectivity index (χ4v) is 2.89. The average molecular weight is 388 g/mol. The van der Waals surface area contributed by atoms with Crippen molar-refractivity contribution in [1.82, 2.24) is 14.2 Å². The summed E-state index contributed by atoms with van der Waals surface area (Å²) < 4.78 is 8.53. The Labute approximate surface area is 167 Å². The number of nitrogens with zero attached hydrogens (tertiary/aromatic N) is 3. The molecule has 1 amide bonds. The minimum atomic E-state index is -0.258. The van der Waals surface area contributed by atoms with Crippen molar-refractivity contribution in [2.24, 2.45) is 0 Å². The number of benzene rings is 2. The quantitative estimate of drug-likeness (QED) is 0.547. The number of pyridine rings is 1. The van der Waals surface area contributed by atoms with Crippen LogP contribution in [0.3, 0.4) is 0 Å². The maximum Gasteiger partial charge on any atom is 0.350 e. The number of carbonyl (C=O) groups is 1. The summed E-state index contributed by atoms with van der Waals surface area (Å²) in [6, 6.07) is 20.2. The van der Waals surface area contributed by atoms with Crippen LogP contribution in [0.5, 0.6) is 11.5 Å². The molecule has 0 aliphatic rings. The molecule has 0 radical (unpaired) electrons. The van der Waals surface area contributed by atoms with Crippen molar-refractivity contribution >= 4 is 17.2 Å². The van der Waals surface area contributed by atoms with Crippen LogP contribution in [0.25, 0.3) is 5.65 Å². The third-order valence-corrected chi connectivity index (χ3v) is 4.43. The molecule has 0 aliphatic heterocycles. The maximum absolute atomic E-state index is 12.2. The van der Waals surface area contributed by atoms with Gasteiger partial charge in [-0.05, 0) is 55.5 Å². The van der Waals surface area contributed by atoms with Gasteiger partial charge in [-0.15, -0.1) is 5.10 Å². The van der Waals surface area contributed by atoms with Gasteiger partial charge in [0, 0.05) is 18.3 Å². The number of amides is 1. The summed E-state index contributed by atoms with van der Waals surface area (Å²) in [4.78, 5) is 24.5. The van der Waals surface area contributed by atoms with Crippen LogP contribution in [-0.4, -0.2) is 20.1 Å². The minimum Gasteiger partial charge on any atom is -0.457 e. The van der Waals surface area contributed by atoms with E-state index >= 15 is 0 Å². The number of rotatable bonds is 6. The zero-order valence-electron chi connectivity index (χ0n) is 15.9. The monoisotopic (exact) mass is 388 g/mol. The molecule has 7 nitrogen and oxygen atoms in total. The highest BCUT2D eigenvalue weighted by molar-refractivity contribution is 5.90. The molecular formula is C22H20N4O3. The van der Waals surface area contributed by atoms with Crippen LogP contribution in [0.2, 0.25) is 0 Å². The van der Waals surface area contributed by atoms with Gasteiger partial charge < -0.3 is 10.1 Å². The fourth-order valence-electron chi connectivity index (χ4n) is 2.89. The van der Waals surface area contributed by atoms with Gasteiger partial charge in [-0.3, -0.25) is 9.20 Å². The molecule has 0 spiro atoms. The molecule has 4 aromatic rings. The smallest absolute Gasteiger partial charge is 0.350 e. The van der Waals surface area contributed by atoms with Crippen molar-refractivity contribution < 1.29 is 9.53 Å². The molecule has 146 valence electrons. The Balaban J connectivity index is 1.34. The lowest BCUT2D eigenvalue weighted by Gasteiger charge is -2.08. The number of ether oxygens (including phenoxy) is 1. The van der Waals surface area contributed by atoms with Crippen molar-refractivity contribution in [3.63, 3.8) is 0 Å². The first-order valence-electron chi connectivity index (χ1n) is 9.27. The number of hydrogen-bond acceptors (Lipinski definition) is 4. The van der Waals surface area contributed by atoms with Crippen LogP contribution in [0.1, 0.15) is 12.0 Å². The Kier molecular flexibility index (Phi) is 5.11. The first-order valence-corrected chi connectivity index (χ1v) is 9.27. The van der Waals surface area contributed by atoms with Gasteiger partial charge in [0.25, 0.3) is 0 Å². The summed E-state index contributed by atoms with van der Waals surface area (Å²) in [5, 5.41) is 7.04. The van der Waals surface area contributed by atoms with E-state index in [4.69, 9.17) is 4.74 Å². The summed E-state index contributed by atoms with van der Waals surface area (Å²) in [5.74, 6) is 1.24. The second-order valence-corrected chi connectivity index (χ2v) is 6.67. The van der Waals surface area contributed by atoms with E-state index in [2.05, 4.69) is 10.4 Å². The van der Waals surface area contributed by atoms with Crippen LogP contribution in [-0.2, 0) is 11.3 Å². The molecule has 2 aromatic carbocycles. The van der Waals surface area contributed by atoms with E-state index in [0.717, 1.165) is 5.75 Å². The number of nitrogens with one attached hydrogen (secondary N) is 1. The number of carbonyl (C=O) groups excluding carboxylic acids is 1. The highest BCUT2D eigenvalue weighted by atomic mass is 16.5. The Morgan fingerprint density at radius 3 is 2.38 bits per heavy atom. The maximum atomic E-state index is 12.2. The van der Waals surface area contributed by atoms with Crippen LogP contribution >= 0.6 is 0 Å². The third kappa shape index (κ3) is 4.35. The predicted molar refractivity (Wildman–Crippen MR) is 110 cm³/mol. The van der Waals surface area contributed by atoms with Gasteiger partial charge in [-0.25, -0.2) is 9.48 Å². The van der Waals surface area contributed by atoms with E-state index < -0.39 is 0 Å². The largest absolute Gasteiger partial charge is 0.457 e. The Bertz CT molecular complexity index is 1190. The molecule has 0 bridgehead atoms. The molecule has 0 saturated carbocycles. The van der Waals surface area contributed by atoms with Crippen molar-refractivity contribution in [1.29, 1.82) is 0 Å².